The van der Waals surface area contributed by atoms with E-state index in [1.54, 1.807) is 12.1 Å². The van der Waals surface area contributed by atoms with Gasteiger partial charge in [0.1, 0.15) is 11.6 Å². The highest BCUT2D eigenvalue weighted by Gasteiger charge is 2.22. The topological polar surface area (TPSA) is 58.0 Å². The van der Waals surface area contributed by atoms with Crippen LogP contribution in [0.15, 0.2) is 24.3 Å². The zero-order valence-corrected chi connectivity index (χ0v) is 13.4. The Bertz CT molecular complexity index is 592. The third-order valence-corrected chi connectivity index (χ3v) is 3.78. The van der Waals surface area contributed by atoms with E-state index in [9.17, 15) is 9.50 Å². The Morgan fingerprint density at radius 3 is 2.38 bits per heavy atom. The van der Waals surface area contributed by atoms with Crippen LogP contribution in [0.25, 0.3) is 0 Å². The first-order valence-corrected chi connectivity index (χ1v) is 7.59. The van der Waals surface area contributed by atoms with Gasteiger partial charge in [-0.2, -0.15) is 4.37 Å². The number of benzene rings is 1. The Morgan fingerprint density at radius 1 is 1.24 bits per heavy atom. The number of nitrogens with one attached hydrogen (secondary N) is 1. The summed E-state index contributed by atoms with van der Waals surface area (Å²) in [5, 5.41) is 14.1. The van der Waals surface area contributed by atoms with Gasteiger partial charge in [0.2, 0.25) is 5.13 Å². The molecule has 0 saturated heterocycles. The molecule has 0 radical (unpaired) electrons. The fourth-order valence-electron chi connectivity index (χ4n) is 1.81. The molecule has 1 aromatic heterocycles. The molecule has 0 aliphatic heterocycles. The van der Waals surface area contributed by atoms with Crippen LogP contribution < -0.4 is 5.32 Å². The lowest BCUT2D eigenvalue weighted by Crippen LogP contribution is -2.24. The Hall–Kier alpha value is -1.53. The van der Waals surface area contributed by atoms with Gasteiger partial charge in [-0.3, -0.25) is 0 Å². The number of aromatic nitrogens is 2. The average Bonchev–Trinajstić information content (AvgIpc) is 2.87. The molecule has 0 saturated carbocycles. The highest BCUT2D eigenvalue weighted by Crippen LogP contribution is 2.25. The van der Waals surface area contributed by atoms with Crippen LogP contribution in [-0.4, -0.2) is 20.5 Å². The molecule has 2 aromatic rings. The zero-order chi connectivity index (χ0) is 15.6. The average molecular weight is 309 g/mol. The van der Waals surface area contributed by atoms with E-state index >= 15 is 0 Å². The number of aliphatic hydroxyl groups is 1. The molecule has 21 heavy (non-hydrogen) atoms. The van der Waals surface area contributed by atoms with Gasteiger partial charge in [-0.15, -0.1) is 0 Å². The standard InChI is InChI=1S/C15H20FN3OS/c1-9(12(20)10-5-7-11(16)8-6-10)17-14-18-13(19-21-14)15(2,3)4/h5-9,12,20H,1-4H3,(H,17,18,19). The number of rotatable bonds is 4. The maximum absolute atomic E-state index is 12.9. The molecule has 2 atom stereocenters. The van der Waals surface area contributed by atoms with Crippen molar-refractivity contribution in [3.63, 3.8) is 0 Å². The van der Waals surface area contributed by atoms with Crippen LogP contribution in [0.2, 0.25) is 0 Å². The maximum atomic E-state index is 12.9. The molecular formula is C15H20FN3OS. The predicted molar refractivity (Wildman–Crippen MR) is 83.1 cm³/mol. The Kier molecular flexibility index (Phi) is 4.58. The van der Waals surface area contributed by atoms with Crippen LogP contribution in [0.1, 0.15) is 45.2 Å². The molecule has 6 heteroatoms. The van der Waals surface area contributed by atoms with Crippen molar-refractivity contribution in [3.05, 3.63) is 41.5 Å². The second-order valence-corrected chi connectivity index (χ2v) is 6.85. The Balaban J connectivity index is 2.05. The predicted octanol–water partition coefficient (Wildman–Crippen LogP) is 3.51. The summed E-state index contributed by atoms with van der Waals surface area (Å²) in [6.45, 7) is 8.01. The lowest BCUT2D eigenvalue weighted by molar-refractivity contribution is 0.160. The van der Waals surface area contributed by atoms with E-state index in [1.165, 1.54) is 23.7 Å². The highest BCUT2D eigenvalue weighted by atomic mass is 32.1. The third-order valence-electron chi connectivity index (χ3n) is 3.13. The van der Waals surface area contributed by atoms with Crippen LogP contribution in [0, 0.1) is 5.82 Å². The summed E-state index contributed by atoms with van der Waals surface area (Å²) < 4.78 is 17.2. The van der Waals surface area contributed by atoms with E-state index in [2.05, 4.69) is 35.4 Å². The molecule has 0 spiro atoms. The van der Waals surface area contributed by atoms with Crippen molar-refractivity contribution in [2.45, 2.75) is 45.3 Å². The third kappa shape index (κ3) is 3.98. The molecule has 0 aliphatic carbocycles. The maximum Gasteiger partial charge on any atom is 0.202 e. The van der Waals surface area contributed by atoms with Gasteiger partial charge >= 0.3 is 0 Å². The highest BCUT2D eigenvalue weighted by molar-refractivity contribution is 7.09. The molecule has 1 heterocycles. The van der Waals surface area contributed by atoms with E-state index in [-0.39, 0.29) is 17.3 Å². The molecule has 114 valence electrons. The molecule has 2 rings (SSSR count). The van der Waals surface area contributed by atoms with Gasteiger partial charge in [0.15, 0.2) is 0 Å². The van der Waals surface area contributed by atoms with E-state index < -0.39 is 6.10 Å². The van der Waals surface area contributed by atoms with E-state index in [4.69, 9.17) is 0 Å². The van der Waals surface area contributed by atoms with Crippen molar-refractivity contribution in [2.75, 3.05) is 5.32 Å². The number of anilines is 1. The monoisotopic (exact) mass is 309 g/mol. The van der Waals surface area contributed by atoms with Gasteiger partial charge in [0.25, 0.3) is 0 Å². The minimum atomic E-state index is -0.743. The smallest absolute Gasteiger partial charge is 0.202 e. The first kappa shape index (κ1) is 15.9. The van der Waals surface area contributed by atoms with Crippen LogP contribution in [-0.2, 0) is 5.41 Å². The van der Waals surface area contributed by atoms with Crippen LogP contribution in [0.4, 0.5) is 9.52 Å². The molecule has 0 amide bonds. The van der Waals surface area contributed by atoms with Crippen LogP contribution in [0.3, 0.4) is 0 Å². The molecule has 4 nitrogen and oxygen atoms in total. The molecule has 0 aliphatic rings. The van der Waals surface area contributed by atoms with Gasteiger partial charge < -0.3 is 10.4 Å². The zero-order valence-electron chi connectivity index (χ0n) is 12.6. The van der Waals surface area contributed by atoms with Crippen molar-refractivity contribution in [1.29, 1.82) is 0 Å². The molecule has 1 aromatic carbocycles. The van der Waals surface area contributed by atoms with E-state index in [1.807, 2.05) is 6.92 Å². The van der Waals surface area contributed by atoms with E-state index in [0.29, 0.717) is 10.7 Å². The first-order valence-electron chi connectivity index (χ1n) is 6.81. The minimum absolute atomic E-state index is 0.102. The molecule has 0 bridgehead atoms. The second kappa shape index (κ2) is 6.07. The van der Waals surface area contributed by atoms with Crippen molar-refractivity contribution in [1.82, 2.24) is 9.36 Å². The molecule has 2 N–H and O–H groups in total. The Morgan fingerprint density at radius 2 is 1.86 bits per heavy atom. The number of nitrogens with zero attached hydrogens (tertiary/aromatic N) is 2. The van der Waals surface area contributed by atoms with Crippen LogP contribution in [0.5, 0.6) is 0 Å². The molecule has 2 unspecified atom stereocenters. The van der Waals surface area contributed by atoms with Gasteiger partial charge in [-0.25, -0.2) is 9.37 Å². The summed E-state index contributed by atoms with van der Waals surface area (Å²) in [6, 6.07) is 5.59. The van der Waals surface area contributed by atoms with Crippen molar-refractivity contribution >= 4 is 16.7 Å². The summed E-state index contributed by atoms with van der Waals surface area (Å²) in [5.41, 5.74) is 0.562. The SMILES string of the molecule is CC(Nc1nc(C(C)(C)C)ns1)C(O)c1ccc(F)cc1. The van der Waals surface area contributed by atoms with Gasteiger partial charge in [-0.05, 0) is 24.6 Å². The normalized spacial score (nSPS) is 14.8. The summed E-state index contributed by atoms with van der Waals surface area (Å²) in [5.74, 6) is 0.462. The largest absolute Gasteiger partial charge is 0.386 e. The van der Waals surface area contributed by atoms with Crippen LogP contribution >= 0.6 is 11.5 Å². The summed E-state index contributed by atoms with van der Waals surface area (Å²) in [6.07, 6.45) is -0.743. The lowest BCUT2D eigenvalue weighted by Gasteiger charge is -2.20. The number of halogens is 1. The quantitative estimate of drug-likeness (QED) is 0.907. The molecule has 0 fully saturated rings. The minimum Gasteiger partial charge on any atom is -0.386 e. The first-order chi connectivity index (χ1) is 9.77. The number of hydrogen-bond donors (Lipinski definition) is 2. The van der Waals surface area contributed by atoms with Gasteiger partial charge in [-0.1, -0.05) is 32.9 Å². The van der Waals surface area contributed by atoms with Crippen molar-refractivity contribution in [3.8, 4) is 0 Å². The van der Waals surface area contributed by atoms with Gasteiger partial charge in [0, 0.05) is 16.9 Å². The fourth-order valence-corrected chi connectivity index (χ4v) is 2.66. The number of hydrogen-bond acceptors (Lipinski definition) is 5. The van der Waals surface area contributed by atoms with Crippen molar-refractivity contribution < 1.29 is 9.50 Å². The second-order valence-electron chi connectivity index (χ2n) is 6.10. The Labute approximate surface area is 128 Å². The van der Waals surface area contributed by atoms with Gasteiger partial charge in [0.05, 0.1) is 12.1 Å². The summed E-state index contributed by atoms with van der Waals surface area (Å²) in [4.78, 5) is 4.44. The van der Waals surface area contributed by atoms with Crippen molar-refractivity contribution in [2.24, 2.45) is 0 Å². The number of aliphatic hydroxyl groups excluding tert-OH is 1. The lowest BCUT2D eigenvalue weighted by atomic mass is 9.96. The summed E-state index contributed by atoms with van der Waals surface area (Å²) >= 11 is 1.28. The van der Waals surface area contributed by atoms with E-state index in [0.717, 1.165) is 5.82 Å². The fraction of sp³-hybridized carbons (Fsp3) is 0.467. The molecular weight excluding hydrogens is 289 g/mol. The summed E-state index contributed by atoms with van der Waals surface area (Å²) in [7, 11) is 0.